The van der Waals surface area contributed by atoms with Gasteiger partial charge in [-0.05, 0) is 103 Å². The van der Waals surface area contributed by atoms with Crippen LogP contribution in [0.2, 0.25) is 0 Å². The standard InChI is InChI=1S/C64H114O6/c1-4-7-10-13-16-19-22-25-28-30-32-34-36-39-42-45-48-51-54-57-63(66)69-60-61(59-68-62(65)56-53-50-47-44-41-38-27-24-21-18-15-12-9-6-3)70-64(67)58-55-52-49-46-43-40-37-35-33-31-29-26-23-20-17-14-11-8-5-2/h15-16,18-19,24-29,61H,4-14,17,20-23,30-60H2,1-3H3/b18-15-,19-16-,27-24-,28-25-,29-26-/t61-/m1/s1. The zero-order valence-corrected chi connectivity index (χ0v) is 46.5. The molecule has 0 radical (unpaired) electrons. The number of esters is 3. The Hall–Kier alpha value is -2.89. The first-order valence-corrected chi connectivity index (χ1v) is 30.3. The van der Waals surface area contributed by atoms with E-state index in [-0.39, 0.29) is 31.1 Å². The Labute approximate surface area is 434 Å². The predicted octanol–water partition coefficient (Wildman–Crippen LogP) is 20.4. The van der Waals surface area contributed by atoms with Gasteiger partial charge in [-0.25, -0.2) is 0 Å². The maximum atomic E-state index is 12.9. The summed E-state index contributed by atoms with van der Waals surface area (Å²) >= 11 is 0. The van der Waals surface area contributed by atoms with Gasteiger partial charge in [-0.15, -0.1) is 0 Å². The van der Waals surface area contributed by atoms with Gasteiger partial charge in [-0.2, -0.15) is 0 Å². The molecule has 0 saturated carbocycles. The van der Waals surface area contributed by atoms with E-state index in [1.807, 2.05) is 0 Å². The molecule has 6 heteroatoms. The summed E-state index contributed by atoms with van der Waals surface area (Å²) in [5.41, 5.74) is 0. The summed E-state index contributed by atoms with van der Waals surface area (Å²) in [6.07, 6.45) is 73.5. The predicted molar refractivity (Wildman–Crippen MR) is 302 cm³/mol. The minimum Gasteiger partial charge on any atom is -0.462 e. The highest BCUT2D eigenvalue weighted by molar-refractivity contribution is 5.71. The average Bonchev–Trinajstić information content (AvgIpc) is 3.36. The quantitative estimate of drug-likeness (QED) is 0.0261. The average molecular weight is 980 g/mol. The molecule has 0 rings (SSSR count). The molecule has 406 valence electrons. The minimum absolute atomic E-state index is 0.0805. The van der Waals surface area contributed by atoms with Crippen LogP contribution in [0, 0.1) is 0 Å². The van der Waals surface area contributed by atoms with Gasteiger partial charge in [0.2, 0.25) is 0 Å². The fraction of sp³-hybridized carbons (Fsp3) is 0.797. The van der Waals surface area contributed by atoms with E-state index >= 15 is 0 Å². The van der Waals surface area contributed by atoms with Crippen molar-refractivity contribution in [2.24, 2.45) is 0 Å². The van der Waals surface area contributed by atoms with Gasteiger partial charge in [0, 0.05) is 19.3 Å². The van der Waals surface area contributed by atoms with E-state index in [1.165, 1.54) is 186 Å². The van der Waals surface area contributed by atoms with Crippen LogP contribution in [0.1, 0.15) is 310 Å². The normalized spacial score (nSPS) is 12.4. The lowest BCUT2D eigenvalue weighted by molar-refractivity contribution is -0.167. The molecule has 0 aliphatic heterocycles. The van der Waals surface area contributed by atoms with Gasteiger partial charge in [0.15, 0.2) is 6.10 Å². The topological polar surface area (TPSA) is 78.9 Å². The summed E-state index contributed by atoms with van der Waals surface area (Å²) in [7, 11) is 0. The van der Waals surface area contributed by atoms with E-state index in [9.17, 15) is 14.4 Å². The second kappa shape index (κ2) is 58.7. The van der Waals surface area contributed by atoms with Gasteiger partial charge in [-0.3, -0.25) is 14.4 Å². The molecule has 0 aromatic rings. The zero-order valence-electron chi connectivity index (χ0n) is 46.5. The third-order valence-corrected chi connectivity index (χ3v) is 13.2. The van der Waals surface area contributed by atoms with Gasteiger partial charge < -0.3 is 14.2 Å². The Balaban J connectivity index is 4.37. The Bertz CT molecular complexity index is 1260. The van der Waals surface area contributed by atoms with Gasteiger partial charge in [0.1, 0.15) is 13.2 Å². The molecule has 0 aliphatic carbocycles. The lowest BCUT2D eigenvalue weighted by atomic mass is 10.1. The summed E-state index contributed by atoms with van der Waals surface area (Å²) in [4.78, 5) is 38.2. The second-order valence-electron chi connectivity index (χ2n) is 20.2. The number of hydrogen-bond donors (Lipinski definition) is 0. The van der Waals surface area contributed by atoms with E-state index in [1.54, 1.807) is 0 Å². The molecule has 0 saturated heterocycles. The molecule has 0 spiro atoms. The molecule has 0 aromatic heterocycles. The van der Waals surface area contributed by atoms with Crippen molar-refractivity contribution in [3.63, 3.8) is 0 Å². The lowest BCUT2D eigenvalue weighted by Crippen LogP contribution is -2.30. The highest BCUT2D eigenvalue weighted by Gasteiger charge is 2.19. The number of ether oxygens (including phenoxy) is 3. The van der Waals surface area contributed by atoms with Crippen LogP contribution < -0.4 is 0 Å². The fourth-order valence-corrected chi connectivity index (χ4v) is 8.60. The molecule has 6 nitrogen and oxygen atoms in total. The van der Waals surface area contributed by atoms with Crippen molar-refractivity contribution in [2.75, 3.05) is 13.2 Å². The smallest absolute Gasteiger partial charge is 0.306 e. The molecule has 0 aliphatic rings. The molecule has 0 fully saturated rings. The van der Waals surface area contributed by atoms with Gasteiger partial charge >= 0.3 is 17.9 Å². The Morgan fingerprint density at radius 1 is 0.286 bits per heavy atom. The fourth-order valence-electron chi connectivity index (χ4n) is 8.60. The van der Waals surface area contributed by atoms with Crippen LogP contribution in [0.25, 0.3) is 0 Å². The van der Waals surface area contributed by atoms with E-state index in [0.29, 0.717) is 19.3 Å². The van der Waals surface area contributed by atoms with E-state index in [0.717, 1.165) is 83.5 Å². The number of carbonyl (C=O) groups is 3. The Kier molecular flexibility index (Phi) is 56.3. The van der Waals surface area contributed by atoms with Crippen molar-refractivity contribution in [2.45, 2.75) is 316 Å². The molecule has 0 amide bonds. The second-order valence-corrected chi connectivity index (χ2v) is 20.2. The SMILES string of the molecule is CCCC/C=C\C/C=C\CCCCCCCC(=O)OC[C@H](COC(=O)CCCCCCCCCCC/C=C\C/C=C\CCCCC)OC(=O)CCCCCCCCCCC/C=C\CCCCCCCC. The van der Waals surface area contributed by atoms with Crippen LogP contribution >= 0.6 is 0 Å². The molecular formula is C64H114O6. The summed E-state index contributed by atoms with van der Waals surface area (Å²) in [6.45, 7) is 6.59. The minimum atomic E-state index is -0.783. The molecule has 0 bridgehead atoms. The first-order valence-electron chi connectivity index (χ1n) is 30.3. The van der Waals surface area contributed by atoms with Crippen molar-refractivity contribution in [3.05, 3.63) is 60.8 Å². The lowest BCUT2D eigenvalue weighted by Gasteiger charge is -2.18. The first-order chi connectivity index (χ1) is 34.5. The molecule has 0 heterocycles. The van der Waals surface area contributed by atoms with Crippen molar-refractivity contribution in [3.8, 4) is 0 Å². The van der Waals surface area contributed by atoms with Crippen molar-refractivity contribution in [1.29, 1.82) is 0 Å². The highest BCUT2D eigenvalue weighted by atomic mass is 16.6. The summed E-state index contributed by atoms with van der Waals surface area (Å²) in [5, 5.41) is 0. The maximum absolute atomic E-state index is 12.9. The first kappa shape index (κ1) is 67.1. The monoisotopic (exact) mass is 979 g/mol. The van der Waals surface area contributed by atoms with Crippen LogP contribution in [0.5, 0.6) is 0 Å². The summed E-state index contributed by atoms with van der Waals surface area (Å²) in [5.74, 6) is -0.887. The largest absolute Gasteiger partial charge is 0.462 e. The number of allylic oxidation sites excluding steroid dienone is 10. The maximum Gasteiger partial charge on any atom is 0.306 e. The van der Waals surface area contributed by atoms with Crippen LogP contribution in [-0.2, 0) is 28.6 Å². The number of carbonyl (C=O) groups excluding carboxylic acids is 3. The molecule has 70 heavy (non-hydrogen) atoms. The third-order valence-electron chi connectivity index (χ3n) is 13.2. The molecule has 0 aromatic carbocycles. The van der Waals surface area contributed by atoms with E-state index in [4.69, 9.17) is 14.2 Å². The van der Waals surface area contributed by atoms with E-state index in [2.05, 4.69) is 81.5 Å². The van der Waals surface area contributed by atoms with Crippen molar-refractivity contribution < 1.29 is 28.6 Å². The molecule has 1 atom stereocenters. The van der Waals surface area contributed by atoms with Crippen molar-refractivity contribution in [1.82, 2.24) is 0 Å². The van der Waals surface area contributed by atoms with Crippen LogP contribution in [0.4, 0.5) is 0 Å². The third kappa shape index (κ3) is 56.0. The molecule has 0 unspecified atom stereocenters. The summed E-state index contributed by atoms with van der Waals surface area (Å²) < 4.78 is 16.9. The van der Waals surface area contributed by atoms with Gasteiger partial charge in [0.05, 0.1) is 0 Å². The van der Waals surface area contributed by atoms with Gasteiger partial charge in [-0.1, -0.05) is 248 Å². The number of hydrogen-bond acceptors (Lipinski definition) is 6. The number of unbranched alkanes of at least 4 members (excludes halogenated alkanes) is 34. The van der Waals surface area contributed by atoms with Crippen molar-refractivity contribution >= 4 is 17.9 Å². The summed E-state index contributed by atoms with van der Waals surface area (Å²) in [6, 6.07) is 0. The molecule has 0 N–H and O–H groups in total. The Morgan fingerprint density at radius 2 is 0.529 bits per heavy atom. The zero-order chi connectivity index (χ0) is 50.7. The Morgan fingerprint density at radius 3 is 0.871 bits per heavy atom. The van der Waals surface area contributed by atoms with Crippen LogP contribution in [0.3, 0.4) is 0 Å². The highest BCUT2D eigenvalue weighted by Crippen LogP contribution is 2.16. The van der Waals surface area contributed by atoms with Crippen LogP contribution in [0.15, 0.2) is 60.8 Å². The molecular weight excluding hydrogens is 865 g/mol. The van der Waals surface area contributed by atoms with Gasteiger partial charge in [0.25, 0.3) is 0 Å². The van der Waals surface area contributed by atoms with Crippen LogP contribution in [-0.4, -0.2) is 37.2 Å². The van der Waals surface area contributed by atoms with E-state index < -0.39 is 6.10 Å². The number of rotatable bonds is 55.